The average molecular weight is 271 g/mol. The molecular formula is C17H21NS. The van der Waals surface area contributed by atoms with Crippen LogP contribution in [0, 0.1) is 0 Å². The Hall–Kier alpha value is -1.28. The van der Waals surface area contributed by atoms with E-state index in [9.17, 15) is 0 Å². The van der Waals surface area contributed by atoms with Gasteiger partial charge in [0.1, 0.15) is 0 Å². The summed E-state index contributed by atoms with van der Waals surface area (Å²) in [6.45, 7) is 4.46. The van der Waals surface area contributed by atoms with Crippen LogP contribution in [0.5, 0.6) is 0 Å². The number of rotatable bonds is 4. The minimum Gasteiger partial charge on any atom is -0.378 e. The Kier molecular flexibility index (Phi) is 3.61. The van der Waals surface area contributed by atoms with Crippen molar-refractivity contribution in [2.75, 3.05) is 5.32 Å². The van der Waals surface area contributed by atoms with Gasteiger partial charge >= 0.3 is 0 Å². The summed E-state index contributed by atoms with van der Waals surface area (Å²) >= 11 is 1.92. The Morgan fingerprint density at radius 3 is 2.79 bits per heavy atom. The molecule has 0 aliphatic heterocycles. The molecule has 1 aliphatic rings. The molecule has 2 heteroatoms. The molecule has 2 aromatic rings. The van der Waals surface area contributed by atoms with Gasteiger partial charge in [-0.25, -0.2) is 0 Å². The maximum atomic E-state index is 3.64. The van der Waals surface area contributed by atoms with Gasteiger partial charge in [-0.05, 0) is 68.0 Å². The summed E-state index contributed by atoms with van der Waals surface area (Å²) in [6, 6.07) is 11.8. The monoisotopic (exact) mass is 271 g/mol. The van der Waals surface area contributed by atoms with Crippen LogP contribution < -0.4 is 5.32 Å². The Labute approximate surface area is 119 Å². The predicted octanol–water partition coefficient (Wildman–Crippen LogP) is 4.97. The lowest BCUT2D eigenvalue weighted by atomic mass is 10.1. The Bertz CT molecular complexity index is 570. The van der Waals surface area contributed by atoms with E-state index in [1.54, 1.807) is 5.56 Å². The molecule has 0 radical (unpaired) electrons. The highest BCUT2D eigenvalue weighted by Gasteiger charge is 2.12. The molecule has 0 fully saturated rings. The second-order valence-electron chi connectivity index (χ2n) is 5.36. The minimum absolute atomic E-state index is 0.393. The van der Waals surface area contributed by atoms with E-state index >= 15 is 0 Å². The molecule has 0 amide bonds. The quantitative estimate of drug-likeness (QED) is 0.827. The van der Waals surface area contributed by atoms with E-state index in [4.69, 9.17) is 0 Å². The Morgan fingerprint density at radius 1 is 1.16 bits per heavy atom. The molecule has 0 saturated heterocycles. The topological polar surface area (TPSA) is 12.0 Å². The molecule has 1 aromatic heterocycles. The zero-order chi connectivity index (χ0) is 13.2. The number of hydrogen-bond donors (Lipinski definition) is 1. The Morgan fingerprint density at radius 2 is 2.00 bits per heavy atom. The van der Waals surface area contributed by atoms with Crippen molar-refractivity contribution in [3.05, 3.63) is 51.2 Å². The van der Waals surface area contributed by atoms with Gasteiger partial charge in [-0.1, -0.05) is 13.0 Å². The molecule has 1 unspecified atom stereocenters. The molecule has 1 N–H and O–H groups in total. The number of hydrogen-bond acceptors (Lipinski definition) is 2. The molecule has 1 atom stereocenters. The number of aryl methyl sites for hydroxylation is 3. The van der Waals surface area contributed by atoms with Gasteiger partial charge in [-0.15, -0.1) is 11.3 Å². The third-order valence-electron chi connectivity index (χ3n) is 3.94. The summed E-state index contributed by atoms with van der Waals surface area (Å²) in [5, 5.41) is 3.64. The maximum Gasteiger partial charge on any atom is 0.0578 e. The third-order valence-corrected chi connectivity index (χ3v) is 5.35. The standard InChI is InChI=1S/C17H21NS/c1-3-16-9-10-17(19-16)12(2)18-15-8-7-13-5-4-6-14(13)11-15/h7-12,18H,3-6H2,1-2H3. The SMILES string of the molecule is CCc1ccc(C(C)Nc2ccc3c(c2)CCC3)s1. The lowest BCUT2D eigenvalue weighted by molar-refractivity contribution is 0.905. The van der Waals surface area contributed by atoms with Gasteiger partial charge in [0, 0.05) is 15.4 Å². The van der Waals surface area contributed by atoms with E-state index in [1.165, 1.54) is 40.3 Å². The lowest BCUT2D eigenvalue weighted by Gasteiger charge is -2.14. The second kappa shape index (κ2) is 5.38. The zero-order valence-corrected chi connectivity index (χ0v) is 12.5. The fourth-order valence-corrected chi connectivity index (χ4v) is 3.75. The van der Waals surface area contributed by atoms with Crippen molar-refractivity contribution in [1.29, 1.82) is 0 Å². The van der Waals surface area contributed by atoms with Crippen molar-refractivity contribution in [3.8, 4) is 0 Å². The van der Waals surface area contributed by atoms with Crippen molar-refractivity contribution in [2.24, 2.45) is 0 Å². The normalized spacial score (nSPS) is 15.3. The van der Waals surface area contributed by atoms with Gasteiger partial charge < -0.3 is 5.32 Å². The molecule has 100 valence electrons. The second-order valence-corrected chi connectivity index (χ2v) is 6.56. The fourth-order valence-electron chi connectivity index (χ4n) is 2.80. The van der Waals surface area contributed by atoms with E-state index in [0.717, 1.165) is 6.42 Å². The largest absolute Gasteiger partial charge is 0.378 e. The summed E-state index contributed by atoms with van der Waals surface area (Å²) in [7, 11) is 0. The van der Waals surface area contributed by atoms with Crippen molar-refractivity contribution in [1.82, 2.24) is 0 Å². The number of fused-ring (bicyclic) bond motifs is 1. The van der Waals surface area contributed by atoms with Crippen LogP contribution >= 0.6 is 11.3 Å². The number of thiophene rings is 1. The van der Waals surface area contributed by atoms with Crippen LogP contribution in [0.25, 0.3) is 0 Å². The van der Waals surface area contributed by atoms with Gasteiger partial charge in [0.15, 0.2) is 0 Å². The minimum atomic E-state index is 0.393. The van der Waals surface area contributed by atoms with Crippen LogP contribution in [-0.2, 0) is 19.3 Å². The predicted molar refractivity (Wildman–Crippen MR) is 84.2 cm³/mol. The zero-order valence-electron chi connectivity index (χ0n) is 11.7. The molecule has 1 heterocycles. The highest BCUT2D eigenvalue weighted by atomic mass is 32.1. The maximum absolute atomic E-state index is 3.64. The first-order valence-corrected chi connectivity index (χ1v) is 8.05. The highest BCUT2D eigenvalue weighted by Crippen LogP contribution is 2.29. The highest BCUT2D eigenvalue weighted by molar-refractivity contribution is 7.12. The van der Waals surface area contributed by atoms with Crippen LogP contribution in [0.15, 0.2) is 30.3 Å². The molecule has 3 rings (SSSR count). The van der Waals surface area contributed by atoms with E-state index in [1.807, 2.05) is 11.3 Å². The van der Waals surface area contributed by atoms with Crippen LogP contribution in [0.3, 0.4) is 0 Å². The van der Waals surface area contributed by atoms with E-state index in [-0.39, 0.29) is 0 Å². The molecule has 1 aromatic carbocycles. The van der Waals surface area contributed by atoms with E-state index in [2.05, 4.69) is 49.5 Å². The molecule has 19 heavy (non-hydrogen) atoms. The summed E-state index contributed by atoms with van der Waals surface area (Å²) in [5.74, 6) is 0. The van der Waals surface area contributed by atoms with Crippen molar-refractivity contribution < 1.29 is 0 Å². The third kappa shape index (κ3) is 2.69. The van der Waals surface area contributed by atoms with Gasteiger partial charge in [0.2, 0.25) is 0 Å². The van der Waals surface area contributed by atoms with Crippen molar-refractivity contribution in [2.45, 2.75) is 45.6 Å². The van der Waals surface area contributed by atoms with Gasteiger partial charge in [-0.3, -0.25) is 0 Å². The molecule has 1 aliphatic carbocycles. The van der Waals surface area contributed by atoms with Gasteiger partial charge in [0.05, 0.1) is 6.04 Å². The van der Waals surface area contributed by atoms with E-state index < -0.39 is 0 Å². The number of nitrogens with one attached hydrogen (secondary N) is 1. The summed E-state index contributed by atoms with van der Waals surface area (Å²) in [4.78, 5) is 2.90. The van der Waals surface area contributed by atoms with Crippen molar-refractivity contribution >= 4 is 17.0 Å². The van der Waals surface area contributed by atoms with Crippen LogP contribution in [-0.4, -0.2) is 0 Å². The smallest absolute Gasteiger partial charge is 0.0578 e. The van der Waals surface area contributed by atoms with Crippen LogP contribution in [0.4, 0.5) is 5.69 Å². The molecule has 1 nitrogen and oxygen atoms in total. The lowest BCUT2D eigenvalue weighted by Crippen LogP contribution is -2.05. The summed E-state index contributed by atoms with van der Waals surface area (Å²) in [6.07, 6.45) is 4.96. The van der Waals surface area contributed by atoms with E-state index in [0.29, 0.717) is 6.04 Å². The first-order chi connectivity index (χ1) is 9.26. The molecule has 0 saturated carbocycles. The summed E-state index contributed by atoms with van der Waals surface area (Å²) in [5.41, 5.74) is 4.35. The van der Waals surface area contributed by atoms with Gasteiger partial charge in [-0.2, -0.15) is 0 Å². The Balaban J connectivity index is 1.73. The molecule has 0 spiro atoms. The summed E-state index contributed by atoms with van der Waals surface area (Å²) < 4.78 is 0. The van der Waals surface area contributed by atoms with Crippen LogP contribution in [0.1, 0.15) is 47.2 Å². The first-order valence-electron chi connectivity index (χ1n) is 7.23. The first kappa shape index (κ1) is 12.7. The number of anilines is 1. The fraction of sp³-hybridized carbons (Fsp3) is 0.412. The molecule has 0 bridgehead atoms. The van der Waals surface area contributed by atoms with Gasteiger partial charge in [0.25, 0.3) is 0 Å². The molecular weight excluding hydrogens is 250 g/mol. The van der Waals surface area contributed by atoms with Crippen molar-refractivity contribution in [3.63, 3.8) is 0 Å². The average Bonchev–Trinajstić information content (AvgIpc) is 3.06. The number of benzene rings is 1. The van der Waals surface area contributed by atoms with Crippen LogP contribution in [0.2, 0.25) is 0 Å².